The Morgan fingerprint density at radius 1 is 1.28 bits per heavy atom. The number of alkyl halides is 3. The fourth-order valence-electron chi connectivity index (χ4n) is 1.50. The first-order valence-corrected chi connectivity index (χ1v) is 4.82. The minimum absolute atomic E-state index is 0.153. The highest BCUT2D eigenvalue weighted by Crippen LogP contribution is 2.27. The predicted octanol–water partition coefficient (Wildman–Crippen LogP) is 1.64. The Hall–Kier alpha value is -2.25. The van der Waals surface area contributed by atoms with Gasteiger partial charge in [-0.05, 0) is 12.1 Å². The van der Waals surface area contributed by atoms with Gasteiger partial charge in [0, 0.05) is 11.8 Å². The first-order valence-electron chi connectivity index (χ1n) is 4.82. The van der Waals surface area contributed by atoms with Gasteiger partial charge in [0.2, 0.25) is 5.91 Å². The summed E-state index contributed by atoms with van der Waals surface area (Å²) in [6.07, 6.45) is -4.80. The fourth-order valence-corrected chi connectivity index (χ4v) is 1.50. The molecule has 1 heterocycles. The summed E-state index contributed by atoms with van der Waals surface area (Å²) in [6.45, 7) is -0.228. The van der Waals surface area contributed by atoms with E-state index in [-0.39, 0.29) is 12.2 Å². The van der Waals surface area contributed by atoms with E-state index in [0.717, 1.165) is 17.0 Å². The van der Waals surface area contributed by atoms with Crippen LogP contribution in [0, 0.1) is 0 Å². The number of imide groups is 1. The standard InChI is InChI=1S/C10H7F3N2O3/c11-10(12,13)18-7-3-1-2-6(4-7)15-5-8(16)14-9(15)17/h1-4H,5H2,(H,14,16,17). The summed E-state index contributed by atoms with van der Waals surface area (Å²) < 4.78 is 39.8. The summed E-state index contributed by atoms with van der Waals surface area (Å²) >= 11 is 0. The molecule has 1 saturated heterocycles. The molecule has 18 heavy (non-hydrogen) atoms. The van der Waals surface area contributed by atoms with Gasteiger partial charge in [-0.15, -0.1) is 13.2 Å². The van der Waals surface area contributed by atoms with Crippen molar-refractivity contribution < 1.29 is 27.5 Å². The molecule has 0 atom stereocenters. The normalized spacial score (nSPS) is 15.8. The molecule has 2 rings (SSSR count). The molecule has 0 aliphatic carbocycles. The molecule has 0 saturated carbocycles. The van der Waals surface area contributed by atoms with E-state index in [0.29, 0.717) is 0 Å². The maximum Gasteiger partial charge on any atom is 0.573 e. The topological polar surface area (TPSA) is 58.6 Å². The number of nitrogens with one attached hydrogen (secondary N) is 1. The number of hydrogen-bond donors (Lipinski definition) is 1. The molecule has 1 aromatic carbocycles. The lowest BCUT2D eigenvalue weighted by Crippen LogP contribution is -2.28. The molecule has 5 nitrogen and oxygen atoms in total. The first kappa shape index (κ1) is 12.2. The van der Waals surface area contributed by atoms with Gasteiger partial charge in [0.25, 0.3) is 0 Å². The Labute approximate surface area is 99.1 Å². The minimum Gasteiger partial charge on any atom is -0.406 e. The number of anilines is 1. The number of carbonyl (C=O) groups is 2. The molecule has 0 radical (unpaired) electrons. The molecule has 0 bridgehead atoms. The van der Waals surface area contributed by atoms with Gasteiger partial charge >= 0.3 is 12.4 Å². The maximum absolute atomic E-state index is 12.0. The summed E-state index contributed by atoms with van der Waals surface area (Å²) in [6, 6.07) is 4.16. The molecule has 8 heteroatoms. The SMILES string of the molecule is O=C1CN(c2cccc(OC(F)(F)F)c2)C(=O)N1. The molecule has 0 unspecified atom stereocenters. The summed E-state index contributed by atoms with van der Waals surface area (Å²) in [4.78, 5) is 23.3. The number of ether oxygens (including phenoxy) is 1. The second kappa shape index (κ2) is 4.21. The molecule has 1 N–H and O–H groups in total. The van der Waals surface area contributed by atoms with Gasteiger partial charge in [-0.1, -0.05) is 6.07 Å². The van der Waals surface area contributed by atoms with Crippen molar-refractivity contribution in [3.05, 3.63) is 24.3 Å². The van der Waals surface area contributed by atoms with Gasteiger partial charge in [-0.25, -0.2) is 4.79 Å². The quantitative estimate of drug-likeness (QED) is 0.822. The smallest absolute Gasteiger partial charge is 0.406 e. The van der Waals surface area contributed by atoms with Crippen LogP contribution in [0.1, 0.15) is 0 Å². The molecule has 3 amide bonds. The number of rotatable bonds is 2. The summed E-state index contributed by atoms with van der Waals surface area (Å²) in [7, 11) is 0. The molecule has 1 fully saturated rings. The number of carbonyl (C=O) groups excluding carboxylic acids is 2. The van der Waals surface area contributed by atoms with Crippen LogP contribution in [0.3, 0.4) is 0 Å². The molecule has 96 valence electrons. The largest absolute Gasteiger partial charge is 0.573 e. The van der Waals surface area contributed by atoms with Crippen molar-refractivity contribution in [1.29, 1.82) is 0 Å². The van der Waals surface area contributed by atoms with Crippen LogP contribution in [-0.4, -0.2) is 24.8 Å². The van der Waals surface area contributed by atoms with Crippen LogP contribution in [-0.2, 0) is 4.79 Å². The summed E-state index contributed by atoms with van der Waals surface area (Å²) in [5.41, 5.74) is 0.153. The van der Waals surface area contributed by atoms with Crippen LogP contribution in [0.15, 0.2) is 24.3 Å². The Bertz CT molecular complexity index is 501. The first-order chi connectivity index (χ1) is 8.35. The average molecular weight is 260 g/mol. The lowest BCUT2D eigenvalue weighted by molar-refractivity contribution is -0.274. The molecule has 1 aromatic rings. The van der Waals surface area contributed by atoms with Gasteiger partial charge in [0.1, 0.15) is 12.3 Å². The third-order valence-corrected chi connectivity index (χ3v) is 2.16. The number of halogens is 3. The molecule has 0 spiro atoms. The van der Waals surface area contributed by atoms with Gasteiger partial charge in [-0.3, -0.25) is 15.0 Å². The number of urea groups is 1. The number of amides is 3. The Kier molecular flexibility index (Phi) is 2.85. The van der Waals surface area contributed by atoms with E-state index in [1.165, 1.54) is 12.1 Å². The molecular formula is C10H7F3N2O3. The van der Waals surface area contributed by atoms with Crippen molar-refractivity contribution >= 4 is 17.6 Å². The van der Waals surface area contributed by atoms with Crippen LogP contribution in [0.5, 0.6) is 5.75 Å². The monoisotopic (exact) mass is 260 g/mol. The lowest BCUT2D eigenvalue weighted by Gasteiger charge is -2.15. The molecule has 0 aromatic heterocycles. The Morgan fingerprint density at radius 2 is 2.00 bits per heavy atom. The van der Waals surface area contributed by atoms with E-state index in [1.54, 1.807) is 0 Å². The van der Waals surface area contributed by atoms with Crippen molar-refractivity contribution in [3.63, 3.8) is 0 Å². The van der Waals surface area contributed by atoms with E-state index in [1.807, 2.05) is 5.32 Å². The van der Waals surface area contributed by atoms with Crippen molar-refractivity contribution in [3.8, 4) is 5.75 Å². The van der Waals surface area contributed by atoms with Crippen LogP contribution in [0.25, 0.3) is 0 Å². The highest BCUT2D eigenvalue weighted by Gasteiger charge is 2.32. The van der Waals surface area contributed by atoms with Crippen LogP contribution in [0.4, 0.5) is 23.7 Å². The molecular weight excluding hydrogens is 253 g/mol. The van der Waals surface area contributed by atoms with E-state index < -0.39 is 24.1 Å². The predicted molar refractivity (Wildman–Crippen MR) is 54.0 cm³/mol. The Balaban J connectivity index is 2.22. The van der Waals surface area contributed by atoms with Crippen molar-refractivity contribution in [2.45, 2.75) is 6.36 Å². The van der Waals surface area contributed by atoms with Crippen molar-refractivity contribution in [2.75, 3.05) is 11.4 Å². The Morgan fingerprint density at radius 3 is 2.56 bits per heavy atom. The number of benzene rings is 1. The van der Waals surface area contributed by atoms with Gasteiger partial charge in [0.15, 0.2) is 0 Å². The fraction of sp³-hybridized carbons (Fsp3) is 0.200. The van der Waals surface area contributed by atoms with Crippen molar-refractivity contribution in [2.24, 2.45) is 0 Å². The second-order valence-electron chi connectivity index (χ2n) is 3.48. The van der Waals surface area contributed by atoms with Crippen molar-refractivity contribution in [1.82, 2.24) is 5.32 Å². The van der Waals surface area contributed by atoms with Crippen LogP contribution >= 0.6 is 0 Å². The van der Waals surface area contributed by atoms with E-state index in [2.05, 4.69) is 4.74 Å². The molecule has 1 aliphatic heterocycles. The zero-order valence-corrected chi connectivity index (χ0v) is 8.82. The number of hydrogen-bond acceptors (Lipinski definition) is 3. The second-order valence-corrected chi connectivity index (χ2v) is 3.48. The minimum atomic E-state index is -4.80. The summed E-state index contributed by atoms with van der Waals surface area (Å²) in [5, 5.41) is 2.02. The highest BCUT2D eigenvalue weighted by atomic mass is 19.4. The highest BCUT2D eigenvalue weighted by molar-refractivity contribution is 6.12. The summed E-state index contributed by atoms with van der Waals surface area (Å²) in [5.74, 6) is -0.964. The van der Waals surface area contributed by atoms with E-state index in [9.17, 15) is 22.8 Å². The van der Waals surface area contributed by atoms with Crippen LogP contribution < -0.4 is 15.0 Å². The average Bonchev–Trinajstić information content (AvgIpc) is 2.55. The maximum atomic E-state index is 12.0. The zero-order chi connectivity index (χ0) is 13.3. The zero-order valence-electron chi connectivity index (χ0n) is 8.82. The van der Waals surface area contributed by atoms with E-state index >= 15 is 0 Å². The van der Waals surface area contributed by atoms with Gasteiger partial charge in [0.05, 0.1) is 0 Å². The van der Waals surface area contributed by atoms with Gasteiger partial charge < -0.3 is 4.74 Å². The van der Waals surface area contributed by atoms with Gasteiger partial charge in [-0.2, -0.15) is 0 Å². The number of nitrogens with zero attached hydrogens (tertiary/aromatic N) is 1. The third-order valence-electron chi connectivity index (χ3n) is 2.16. The molecule has 1 aliphatic rings. The van der Waals surface area contributed by atoms with E-state index in [4.69, 9.17) is 0 Å². The third kappa shape index (κ3) is 2.70. The lowest BCUT2D eigenvalue weighted by atomic mass is 10.3. The van der Waals surface area contributed by atoms with Crippen LogP contribution in [0.2, 0.25) is 0 Å².